The van der Waals surface area contributed by atoms with Crippen molar-refractivity contribution in [2.45, 2.75) is 25.8 Å². The van der Waals surface area contributed by atoms with Crippen LogP contribution in [0, 0.1) is 12.3 Å². The van der Waals surface area contributed by atoms with Gasteiger partial charge in [-0.1, -0.05) is 78.2 Å². The monoisotopic (exact) mass is 591 g/mol. The maximum atomic E-state index is 11.8. The lowest BCUT2D eigenvalue weighted by Gasteiger charge is -2.26. The van der Waals surface area contributed by atoms with Crippen molar-refractivity contribution in [1.82, 2.24) is 20.5 Å². The molecule has 0 radical (unpaired) electrons. The van der Waals surface area contributed by atoms with E-state index in [2.05, 4.69) is 76.8 Å². The van der Waals surface area contributed by atoms with E-state index in [1.165, 1.54) is 11.1 Å². The molecule has 1 atom stereocenters. The van der Waals surface area contributed by atoms with E-state index in [0.717, 1.165) is 52.2 Å². The molecule has 3 aromatic carbocycles. The Kier molecular flexibility index (Phi) is 17.9. The van der Waals surface area contributed by atoms with Gasteiger partial charge in [0.25, 0.3) is 5.91 Å². The first-order chi connectivity index (χ1) is 20.4. The molecular formula is C34H46ClN5O2. The summed E-state index contributed by atoms with van der Waals surface area (Å²) in [7, 11) is 2.06. The molecule has 4 N–H and O–H groups in total. The smallest absolute Gasteiger partial charge is 0.251 e. The van der Waals surface area contributed by atoms with Gasteiger partial charge in [-0.15, -0.1) is 6.42 Å². The van der Waals surface area contributed by atoms with Crippen LogP contribution in [-0.4, -0.2) is 81.3 Å². The predicted octanol–water partition coefficient (Wildman–Crippen LogP) is 4.28. The maximum absolute atomic E-state index is 11.8. The zero-order chi connectivity index (χ0) is 30.4. The highest BCUT2D eigenvalue weighted by Gasteiger charge is 2.11. The fourth-order valence-corrected chi connectivity index (χ4v) is 4.25. The van der Waals surface area contributed by atoms with Crippen molar-refractivity contribution < 1.29 is 9.53 Å². The summed E-state index contributed by atoms with van der Waals surface area (Å²) < 4.78 is 5.27. The Balaban J connectivity index is 0.000000230. The number of halogens is 1. The van der Waals surface area contributed by atoms with Crippen LogP contribution in [-0.2, 0) is 17.6 Å². The SMILES string of the molecule is C#CCN(C)[C@H](C)Cc1ccccc1.NNCCc1ccccc1.O=C(NCCN1CCOCC1)c1ccc(Cl)cc1. The lowest BCUT2D eigenvalue weighted by Crippen LogP contribution is -2.41. The van der Waals surface area contributed by atoms with Crippen molar-refractivity contribution in [1.29, 1.82) is 0 Å². The van der Waals surface area contributed by atoms with Crippen molar-refractivity contribution in [3.05, 3.63) is 107 Å². The number of carbonyl (C=O) groups excluding carboxylic acids is 1. The number of nitrogens with two attached hydrogens (primary N) is 1. The third-order valence-corrected chi connectivity index (χ3v) is 7.04. The molecule has 1 aliphatic rings. The van der Waals surface area contributed by atoms with Gasteiger partial charge >= 0.3 is 0 Å². The number of nitrogens with one attached hydrogen (secondary N) is 2. The molecule has 1 saturated heterocycles. The summed E-state index contributed by atoms with van der Waals surface area (Å²) in [6.45, 7) is 8.72. The number of hydrogen-bond donors (Lipinski definition) is 3. The molecule has 0 spiro atoms. The number of carbonyl (C=O) groups is 1. The zero-order valence-electron chi connectivity index (χ0n) is 25.0. The Morgan fingerprint density at radius 3 is 2.17 bits per heavy atom. The molecule has 0 bridgehead atoms. The number of hydrazine groups is 1. The quantitative estimate of drug-likeness (QED) is 0.175. The summed E-state index contributed by atoms with van der Waals surface area (Å²) in [6.07, 6.45) is 7.32. The molecule has 8 heteroatoms. The van der Waals surface area contributed by atoms with Gasteiger partial charge in [0.2, 0.25) is 0 Å². The lowest BCUT2D eigenvalue weighted by molar-refractivity contribution is 0.0383. The topological polar surface area (TPSA) is 82.9 Å². The third kappa shape index (κ3) is 15.1. The first-order valence-corrected chi connectivity index (χ1v) is 14.8. The number of amides is 1. The van der Waals surface area contributed by atoms with Crippen LogP contribution in [0.2, 0.25) is 5.02 Å². The van der Waals surface area contributed by atoms with E-state index in [1.807, 2.05) is 24.3 Å². The molecule has 42 heavy (non-hydrogen) atoms. The highest BCUT2D eigenvalue weighted by Crippen LogP contribution is 2.09. The minimum atomic E-state index is -0.0556. The van der Waals surface area contributed by atoms with E-state index >= 15 is 0 Å². The van der Waals surface area contributed by atoms with Gasteiger partial charge < -0.3 is 10.1 Å². The molecule has 3 aromatic rings. The standard InChI is InChI=1S/C13H17ClN2O2.C13H17N.C8H12N2/c14-12-3-1-11(2-4-12)13(17)15-5-6-16-7-9-18-10-8-16;1-4-10-14(3)12(2)11-13-8-6-5-7-9-13;9-10-7-6-8-4-2-1-3-5-8/h1-4H,5-10H2,(H,15,17);1,5-9,12H,10-11H2,2-3H3;1-5,10H,6-7,9H2/t;12-;/m.1./s1. The Bertz CT molecular complexity index is 1150. The van der Waals surface area contributed by atoms with E-state index in [-0.39, 0.29) is 5.91 Å². The number of morpholine rings is 1. The Labute approximate surface area is 257 Å². The van der Waals surface area contributed by atoms with Gasteiger partial charge in [-0.25, -0.2) is 0 Å². The highest BCUT2D eigenvalue weighted by atomic mass is 35.5. The molecule has 4 rings (SSSR count). The third-order valence-electron chi connectivity index (χ3n) is 6.79. The van der Waals surface area contributed by atoms with Gasteiger partial charge in [-0.05, 0) is 62.2 Å². The van der Waals surface area contributed by atoms with Crippen molar-refractivity contribution in [2.24, 2.45) is 5.84 Å². The van der Waals surface area contributed by atoms with Crippen LogP contribution in [0.4, 0.5) is 0 Å². The fraction of sp³-hybridized carbons (Fsp3) is 0.382. The van der Waals surface area contributed by atoms with Crippen molar-refractivity contribution in [2.75, 3.05) is 59.5 Å². The summed E-state index contributed by atoms with van der Waals surface area (Å²) in [6, 6.07) is 28.2. The summed E-state index contributed by atoms with van der Waals surface area (Å²) in [5.41, 5.74) is 5.94. The first kappa shape index (κ1) is 35.0. The highest BCUT2D eigenvalue weighted by molar-refractivity contribution is 6.30. The normalized spacial score (nSPS) is 13.5. The second-order valence-electron chi connectivity index (χ2n) is 10.1. The van der Waals surface area contributed by atoms with Crippen LogP contribution in [0.3, 0.4) is 0 Å². The zero-order valence-corrected chi connectivity index (χ0v) is 25.7. The van der Waals surface area contributed by atoms with E-state index in [0.29, 0.717) is 29.7 Å². The molecule has 7 nitrogen and oxygen atoms in total. The summed E-state index contributed by atoms with van der Waals surface area (Å²) in [5, 5.41) is 3.54. The summed E-state index contributed by atoms with van der Waals surface area (Å²) >= 11 is 5.77. The summed E-state index contributed by atoms with van der Waals surface area (Å²) in [4.78, 5) is 16.3. The van der Waals surface area contributed by atoms with Crippen molar-refractivity contribution in [3.8, 4) is 12.3 Å². The molecule has 1 heterocycles. The average molecular weight is 592 g/mol. The van der Waals surface area contributed by atoms with Crippen LogP contribution in [0.15, 0.2) is 84.9 Å². The number of rotatable bonds is 11. The molecule has 0 aromatic heterocycles. The van der Waals surface area contributed by atoms with Crippen LogP contribution in [0.5, 0.6) is 0 Å². The largest absolute Gasteiger partial charge is 0.379 e. The maximum Gasteiger partial charge on any atom is 0.251 e. The minimum Gasteiger partial charge on any atom is -0.379 e. The number of benzene rings is 3. The molecule has 1 aliphatic heterocycles. The number of nitrogens with zero attached hydrogens (tertiary/aromatic N) is 2. The Hall–Kier alpha value is -3.22. The molecule has 0 aliphatic carbocycles. The fourth-order valence-electron chi connectivity index (χ4n) is 4.13. The first-order valence-electron chi connectivity index (χ1n) is 14.4. The second kappa shape index (κ2) is 21.5. The van der Waals surface area contributed by atoms with Crippen LogP contribution < -0.4 is 16.6 Å². The number of terminal acetylenes is 1. The van der Waals surface area contributed by atoms with Gasteiger partial charge in [-0.2, -0.15) is 0 Å². The Morgan fingerprint density at radius 2 is 1.60 bits per heavy atom. The van der Waals surface area contributed by atoms with Gasteiger partial charge in [0, 0.05) is 49.4 Å². The van der Waals surface area contributed by atoms with Crippen molar-refractivity contribution >= 4 is 17.5 Å². The number of hydrogen-bond acceptors (Lipinski definition) is 6. The van der Waals surface area contributed by atoms with E-state index in [1.54, 1.807) is 24.3 Å². The average Bonchev–Trinajstić information content (AvgIpc) is 3.02. The summed E-state index contributed by atoms with van der Waals surface area (Å²) in [5.74, 6) is 7.73. The lowest BCUT2D eigenvalue weighted by atomic mass is 10.1. The van der Waals surface area contributed by atoms with Crippen LogP contribution in [0.1, 0.15) is 28.4 Å². The molecule has 0 unspecified atom stereocenters. The van der Waals surface area contributed by atoms with E-state index in [4.69, 9.17) is 28.6 Å². The minimum absolute atomic E-state index is 0.0556. The number of likely N-dealkylation sites (N-methyl/N-ethyl adjacent to an activating group) is 1. The Morgan fingerprint density at radius 1 is 1.00 bits per heavy atom. The van der Waals surface area contributed by atoms with E-state index < -0.39 is 0 Å². The second-order valence-corrected chi connectivity index (χ2v) is 10.5. The van der Waals surface area contributed by atoms with Gasteiger partial charge in [0.15, 0.2) is 0 Å². The van der Waals surface area contributed by atoms with E-state index in [9.17, 15) is 4.79 Å². The number of ether oxygens (including phenoxy) is 1. The molecule has 1 fully saturated rings. The molecular weight excluding hydrogens is 546 g/mol. The molecule has 226 valence electrons. The van der Waals surface area contributed by atoms with Gasteiger partial charge in [0.05, 0.1) is 19.8 Å². The van der Waals surface area contributed by atoms with Crippen LogP contribution in [0.25, 0.3) is 0 Å². The predicted molar refractivity (Wildman–Crippen MR) is 174 cm³/mol. The van der Waals surface area contributed by atoms with Gasteiger partial charge in [0.1, 0.15) is 0 Å². The molecule has 0 saturated carbocycles. The van der Waals surface area contributed by atoms with Crippen molar-refractivity contribution in [3.63, 3.8) is 0 Å². The molecule has 1 amide bonds. The van der Waals surface area contributed by atoms with Crippen LogP contribution >= 0.6 is 11.6 Å². The van der Waals surface area contributed by atoms with Gasteiger partial charge in [-0.3, -0.25) is 25.9 Å².